The van der Waals surface area contributed by atoms with Crippen LogP contribution in [0.1, 0.15) is 20.8 Å². The van der Waals surface area contributed by atoms with Gasteiger partial charge >= 0.3 is 5.97 Å². The number of amidine groups is 1. The predicted molar refractivity (Wildman–Crippen MR) is 95.7 cm³/mol. The molecule has 2 rings (SSSR count). The van der Waals surface area contributed by atoms with Crippen LogP contribution < -0.4 is 5.43 Å². The van der Waals surface area contributed by atoms with Gasteiger partial charge in [-0.1, -0.05) is 23.2 Å². The summed E-state index contributed by atoms with van der Waals surface area (Å²) in [5.74, 6) is -0.306. The third-order valence-corrected chi connectivity index (χ3v) is 3.95. The maximum Gasteiger partial charge on any atom is 0.375 e. The van der Waals surface area contributed by atoms with Gasteiger partial charge in [0.1, 0.15) is 0 Å². The summed E-state index contributed by atoms with van der Waals surface area (Å²) in [6.45, 7) is 7.02. The van der Waals surface area contributed by atoms with E-state index in [9.17, 15) is 4.79 Å². The van der Waals surface area contributed by atoms with Gasteiger partial charge in [-0.2, -0.15) is 0 Å². The van der Waals surface area contributed by atoms with Crippen LogP contribution in [0.25, 0.3) is 0 Å². The molecule has 0 radical (unpaired) electrons. The van der Waals surface area contributed by atoms with Crippen LogP contribution >= 0.6 is 23.2 Å². The highest BCUT2D eigenvalue weighted by molar-refractivity contribution is 6.36. The lowest BCUT2D eigenvalue weighted by atomic mass is 10.2. The summed E-state index contributed by atoms with van der Waals surface area (Å²) >= 11 is 12.1. The molecular weight excluding hydrogens is 353 g/mol. The number of ether oxygens (including phenoxy) is 2. The van der Waals surface area contributed by atoms with Crippen molar-refractivity contribution in [1.29, 1.82) is 0 Å². The summed E-state index contributed by atoms with van der Waals surface area (Å²) in [7, 11) is 0. The van der Waals surface area contributed by atoms with Gasteiger partial charge in [-0.05, 0) is 39.0 Å². The van der Waals surface area contributed by atoms with Crippen molar-refractivity contribution < 1.29 is 14.3 Å². The van der Waals surface area contributed by atoms with Crippen LogP contribution in [-0.4, -0.2) is 48.6 Å². The number of carbonyl (C=O) groups excluding carboxylic acids is 1. The van der Waals surface area contributed by atoms with Crippen LogP contribution in [-0.2, 0) is 14.3 Å². The minimum atomic E-state index is -0.496. The van der Waals surface area contributed by atoms with E-state index < -0.39 is 5.97 Å². The molecule has 0 bridgehead atoms. The number of hydrogen-bond donors (Lipinski definition) is 1. The van der Waals surface area contributed by atoms with Crippen molar-refractivity contribution in [2.75, 3.05) is 25.1 Å². The van der Waals surface area contributed by atoms with E-state index in [1.54, 1.807) is 25.1 Å². The monoisotopic (exact) mass is 373 g/mol. The number of rotatable bonds is 3. The minimum Gasteiger partial charge on any atom is -0.460 e. The Bertz CT molecular complexity index is 615. The number of hydrazone groups is 1. The van der Waals surface area contributed by atoms with E-state index in [0.717, 1.165) is 0 Å². The molecule has 2 atom stereocenters. The lowest BCUT2D eigenvalue weighted by Crippen LogP contribution is -2.51. The first-order chi connectivity index (χ1) is 11.4. The summed E-state index contributed by atoms with van der Waals surface area (Å²) in [6.07, 6.45) is -0.0220. The van der Waals surface area contributed by atoms with Gasteiger partial charge in [0.15, 0.2) is 0 Å². The molecule has 1 N–H and O–H groups in total. The Labute approximate surface area is 151 Å². The van der Waals surface area contributed by atoms with Crippen molar-refractivity contribution in [3.05, 3.63) is 28.2 Å². The summed E-state index contributed by atoms with van der Waals surface area (Å²) < 4.78 is 10.8. The molecule has 1 heterocycles. The van der Waals surface area contributed by atoms with Crippen LogP contribution in [0.3, 0.4) is 0 Å². The maximum absolute atomic E-state index is 12.3. The summed E-state index contributed by atoms with van der Waals surface area (Å²) in [6, 6.07) is 4.97. The van der Waals surface area contributed by atoms with Gasteiger partial charge in [0, 0.05) is 18.1 Å². The zero-order valence-electron chi connectivity index (χ0n) is 13.9. The highest BCUT2D eigenvalue weighted by Crippen LogP contribution is 2.25. The topological polar surface area (TPSA) is 63.2 Å². The van der Waals surface area contributed by atoms with Gasteiger partial charge in [0.25, 0.3) is 0 Å². The van der Waals surface area contributed by atoms with Crippen LogP contribution in [0.4, 0.5) is 5.69 Å². The number of esters is 1. The Morgan fingerprint density at radius 3 is 2.67 bits per heavy atom. The molecule has 132 valence electrons. The molecule has 1 aromatic carbocycles. The van der Waals surface area contributed by atoms with Gasteiger partial charge in [-0.25, -0.2) is 4.79 Å². The number of benzene rings is 1. The van der Waals surface area contributed by atoms with E-state index in [1.807, 2.05) is 18.7 Å². The molecule has 0 unspecified atom stereocenters. The number of morpholine rings is 1. The van der Waals surface area contributed by atoms with Crippen molar-refractivity contribution in [2.45, 2.75) is 33.0 Å². The number of halogens is 2. The molecule has 8 heteroatoms. The number of hydrogen-bond acceptors (Lipinski definition) is 5. The van der Waals surface area contributed by atoms with Crippen LogP contribution in [0, 0.1) is 0 Å². The van der Waals surface area contributed by atoms with E-state index in [2.05, 4.69) is 10.5 Å². The highest BCUT2D eigenvalue weighted by atomic mass is 35.5. The Morgan fingerprint density at radius 1 is 1.38 bits per heavy atom. The normalized spacial score (nSPS) is 21.5. The third kappa shape index (κ3) is 5.00. The minimum absolute atomic E-state index is 0.0110. The van der Waals surface area contributed by atoms with Crippen molar-refractivity contribution in [3.63, 3.8) is 0 Å². The molecule has 1 saturated heterocycles. The number of anilines is 1. The first-order valence-electron chi connectivity index (χ1n) is 7.77. The second-order valence-corrected chi connectivity index (χ2v) is 6.40. The fraction of sp³-hybridized carbons (Fsp3) is 0.500. The van der Waals surface area contributed by atoms with Crippen molar-refractivity contribution in [3.8, 4) is 0 Å². The summed E-state index contributed by atoms with van der Waals surface area (Å²) in [5, 5.41) is 5.20. The maximum atomic E-state index is 12.3. The SMILES string of the molecule is CCOC(=O)/C(=N/Nc1cc(Cl)ccc1Cl)N1C[C@@H](C)O[C@@H](C)C1. The zero-order valence-corrected chi connectivity index (χ0v) is 15.4. The lowest BCUT2D eigenvalue weighted by molar-refractivity contribution is -0.136. The van der Waals surface area contributed by atoms with Gasteiger partial charge in [0.2, 0.25) is 5.84 Å². The molecule has 6 nitrogen and oxygen atoms in total. The smallest absolute Gasteiger partial charge is 0.375 e. The van der Waals surface area contributed by atoms with Gasteiger partial charge in [0.05, 0.1) is 29.5 Å². The van der Waals surface area contributed by atoms with E-state index in [1.165, 1.54) is 0 Å². The average molecular weight is 374 g/mol. The van der Waals surface area contributed by atoms with E-state index in [4.69, 9.17) is 32.7 Å². The van der Waals surface area contributed by atoms with E-state index in [0.29, 0.717) is 28.8 Å². The fourth-order valence-corrected chi connectivity index (χ4v) is 2.82. The molecule has 1 aliphatic rings. The molecule has 1 aliphatic heterocycles. The molecule has 0 spiro atoms. The highest BCUT2D eigenvalue weighted by Gasteiger charge is 2.29. The quantitative estimate of drug-likeness (QED) is 0.380. The zero-order chi connectivity index (χ0) is 17.7. The molecule has 0 aliphatic carbocycles. The Kier molecular flexibility index (Phi) is 6.71. The number of nitrogens with zero attached hydrogens (tertiary/aromatic N) is 2. The molecule has 0 aromatic heterocycles. The number of nitrogens with one attached hydrogen (secondary N) is 1. The molecule has 1 fully saturated rings. The first-order valence-corrected chi connectivity index (χ1v) is 8.52. The Morgan fingerprint density at radius 2 is 2.04 bits per heavy atom. The van der Waals surface area contributed by atoms with Crippen molar-refractivity contribution in [2.24, 2.45) is 5.10 Å². The lowest BCUT2D eigenvalue weighted by Gasteiger charge is -2.36. The molecule has 0 saturated carbocycles. The van der Waals surface area contributed by atoms with Gasteiger partial charge in [-0.3, -0.25) is 5.43 Å². The average Bonchev–Trinajstić information content (AvgIpc) is 2.50. The molecule has 24 heavy (non-hydrogen) atoms. The molecular formula is C16H21Cl2N3O3. The van der Waals surface area contributed by atoms with E-state index in [-0.39, 0.29) is 24.7 Å². The summed E-state index contributed by atoms with van der Waals surface area (Å²) in [5.41, 5.74) is 3.32. The summed E-state index contributed by atoms with van der Waals surface area (Å²) in [4.78, 5) is 14.1. The largest absolute Gasteiger partial charge is 0.460 e. The number of carbonyl (C=O) groups is 1. The van der Waals surface area contributed by atoms with Crippen LogP contribution in [0.2, 0.25) is 10.0 Å². The van der Waals surface area contributed by atoms with Crippen molar-refractivity contribution >= 4 is 40.7 Å². The second kappa shape index (κ2) is 8.55. The van der Waals surface area contributed by atoms with Gasteiger partial charge < -0.3 is 14.4 Å². The Balaban J connectivity index is 2.24. The van der Waals surface area contributed by atoms with Crippen molar-refractivity contribution in [1.82, 2.24) is 4.90 Å². The predicted octanol–water partition coefficient (Wildman–Crippen LogP) is 3.39. The fourth-order valence-electron chi connectivity index (χ4n) is 2.49. The van der Waals surface area contributed by atoms with Gasteiger partial charge in [-0.15, -0.1) is 5.10 Å². The molecule has 1 aromatic rings. The first kappa shape index (κ1) is 18.8. The van der Waals surface area contributed by atoms with Crippen LogP contribution in [0.5, 0.6) is 0 Å². The standard InChI is InChI=1S/C16H21Cl2N3O3/c1-4-23-16(22)15(21-8-10(2)24-11(3)9-21)20-19-14-7-12(17)5-6-13(14)18/h5-7,10-11,19H,4,8-9H2,1-3H3/b20-15-/t10-,11+. The third-order valence-electron chi connectivity index (χ3n) is 3.39. The van der Waals surface area contributed by atoms with E-state index >= 15 is 0 Å². The van der Waals surface area contributed by atoms with Crippen LogP contribution in [0.15, 0.2) is 23.3 Å². The second-order valence-electron chi connectivity index (χ2n) is 5.55. The Hall–Kier alpha value is -1.50. The molecule has 0 amide bonds.